The lowest BCUT2D eigenvalue weighted by molar-refractivity contribution is -0.137. The highest BCUT2D eigenvalue weighted by Crippen LogP contribution is 2.29. The van der Waals surface area contributed by atoms with Crippen molar-refractivity contribution in [2.75, 3.05) is 26.2 Å². The highest BCUT2D eigenvalue weighted by molar-refractivity contribution is 5.79. The van der Waals surface area contributed by atoms with Gasteiger partial charge >= 0.3 is 0 Å². The number of carbonyl (C=O) groups excluding carboxylic acids is 1. The minimum absolute atomic E-state index is 0.185. The zero-order valence-corrected chi connectivity index (χ0v) is 13.7. The quantitative estimate of drug-likeness (QED) is 0.920. The van der Waals surface area contributed by atoms with E-state index < -0.39 is 0 Å². The average Bonchev–Trinajstić information content (AvgIpc) is 3.05. The summed E-state index contributed by atoms with van der Waals surface area (Å²) in [7, 11) is 0. The summed E-state index contributed by atoms with van der Waals surface area (Å²) in [6, 6.07) is 0.387. The summed E-state index contributed by atoms with van der Waals surface area (Å²) in [4.78, 5) is 14.6. The van der Waals surface area contributed by atoms with Gasteiger partial charge in [-0.25, -0.2) is 0 Å². The van der Waals surface area contributed by atoms with Crippen LogP contribution in [-0.2, 0) is 4.79 Å². The van der Waals surface area contributed by atoms with Crippen molar-refractivity contribution in [1.82, 2.24) is 25.0 Å². The SMILES string of the molecule is CC(C)n1cnnc1C1CCN(C(=O)[C@H]2CCCNC2)CC1. The number of carbonyl (C=O) groups is 1. The minimum Gasteiger partial charge on any atom is -0.342 e. The van der Waals surface area contributed by atoms with Gasteiger partial charge in [-0.05, 0) is 46.1 Å². The van der Waals surface area contributed by atoms with E-state index in [1.54, 1.807) is 0 Å². The average molecular weight is 305 g/mol. The second-order valence-corrected chi connectivity index (χ2v) is 6.83. The Morgan fingerprint density at radius 3 is 2.73 bits per heavy atom. The second-order valence-electron chi connectivity index (χ2n) is 6.83. The van der Waals surface area contributed by atoms with Gasteiger partial charge in [-0.2, -0.15) is 0 Å². The van der Waals surface area contributed by atoms with Gasteiger partial charge in [0.15, 0.2) is 0 Å². The van der Waals surface area contributed by atoms with E-state index >= 15 is 0 Å². The third-order valence-electron chi connectivity index (χ3n) is 4.98. The summed E-state index contributed by atoms with van der Waals surface area (Å²) in [6.07, 6.45) is 5.97. The number of hydrogen-bond acceptors (Lipinski definition) is 4. The lowest BCUT2D eigenvalue weighted by atomic mass is 9.93. The Morgan fingerprint density at radius 1 is 1.32 bits per heavy atom. The maximum Gasteiger partial charge on any atom is 0.226 e. The molecule has 1 amide bonds. The molecule has 1 aromatic heterocycles. The van der Waals surface area contributed by atoms with Gasteiger partial charge in [0.25, 0.3) is 0 Å². The number of aromatic nitrogens is 3. The first-order valence-corrected chi connectivity index (χ1v) is 8.55. The monoisotopic (exact) mass is 305 g/mol. The van der Waals surface area contributed by atoms with E-state index in [2.05, 4.69) is 38.8 Å². The van der Waals surface area contributed by atoms with Crippen LogP contribution in [0.25, 0.3) is 0 Å². The maximum absolute atomic E-state index is 12.6. The number of rotatable bonds is 3. The molecular weight excluding hydrogens is 278 g/mol. The van der Waals surface area contributed by atoms with Crippen molar-refractivity contribution in [3.63, 3.8) is 0 Å². The van der Waals surface area contributed by atoms with Crippen molar-refractivity contribution in [1.29, 1.82) is 0 Å². The fourth-order valence-corrected chi connectivity index (χ4v) is 3.62. The molecule has 0 spiro atoms. The normalized spacial score (nSPS) is 24.0. The topological polar surface area (TPSA) is 63.1 Å². The number of amides is 1. The summed E-state index contributed by atoms with van der Waals surface area (Å²) in [5.74, 6) is 2.04. The van der Waals surface area contributed by atoms with E-state index in [1.807, 2.05) is 6.33 Å². The highest BCUT2D eigenvalue weighted by atomic mass is 16.2. The first-order valence-electron chi connectivity index (χ1n) is 8.55. The number of nitrogens with zero attached hydrogens (tertiary/aromatic N) is 4. The Hall–Kier alpha value is -1.43. The van der Waals surface area contributed by atoms with Crippen LogP contribution >= 0.6 is 0 Å². The molecule has 2 aliphatic heterocycles. The van der Waals surface area contributed by atoms with Crippen LogP contribution in [0.15, 0.2) is 6.33 Å². The molecule has 3 rings (SSSR count). The zero-order valence-electron chi connectivity index (χ0n) is 13.7. The van der Waals surface area contributed by atoms with E-state index in [9.17, 15) is 4.79 Å². The first-order chi connectivity index (χ1) is 10.7. The number of hydrogen-bond donors (Lipinski definition) is 1. The molecule has 2 aliphatic rings. The van der Waals surface area contributed by atoms with Crippen LogP contribution in [-0.4, -0.2) is 51.8 Å². The van der Waals surface area contributed by atoms with Crippen molar-refractivity contribution >= 4 is 5.91 Å². The van der Waals surface area contributed by atoms with E-state index in [0.717, 1.165) is 57.7 Å². The van der Waals surface area contributed by atoms with Crippen molar-refractivity contribution in [3.05, 3.63) is 12.2 Å². The summed E-state index contributed by atoms with van der Waals surface area (Å²) in [6.45, 7) is 7.91. The van der Waals surface area contributed by atoms with Gasteiger partial charge in [0.05, 0.1) is 5.92 Å². The van der Waals surface area contributed by atoms with E-state index in [-0.39, 0.29) is 5.92 Å². The summed E-state index contributed by atoms with van der Waals surface area (Å²) >= 11 is 0. The third kappa shape index (κ3) is 3.16. The van der Waals surface area contributed by atoms with Crippen LogP contribution in [0.4, 0.5) is 0 Å². The predicted molar refractivity (Wildman–Crippen MR) is 84.6 cm³/mol. The fraction of sp³-hybridized carbons (Fsp3) is 0.812. The summed E-state index contributed by atoms with van der Waals surface area (Å²) in [5, 5.41) is 11.7. The molecule has 6 heteroatoms. The van der Waals surface area contributed by atoms with Crippen molar-refractivity contribution < 1.29 is 4.79 Å². The summed E-state index contributed by atoms with van der Waals surface area (Å²) < 4.78 is 2.16. The predicted octanol–water partition coefficient (Wildman–Crippen LogP) is 1.56. The second kappa shape index (κ2) is 6.77. The molecule has 2 fully saturated rings. The van der Waals surface area contributed by atoms with Gasteiger partial charge in [0.2, 0.25) is 5.91 Å². The van der Waals surface area contributed by atoms with Gasteiger partial charge in [-0.1, -0.05) is 0 Å². The Balaban J connectivity index is 1.58. The Labute approximate surface area is 132 Å². The molecule has 0 bridgehead atoms. The molecule has 1 atom stereocenters. The van der Waals surface area contributed by atoms with Crippen LogP contribution in [0, 0.1) is 5.92 Å². The molecule has 0 aromatic carbocycles. The molecule has 6 nitrogen and oxygen atoms in total. The molecule has 0 radical (unpaired) electrons. The van der Waals surface area contributed by atoms with Gasteiger partial charge in [0.1, 0.15) is 12.2 Å². The van der Waals surface area contributed by atoms with Crippen LogP contribution in [0.3, 0.4) is 0 Å². The molecule has 0 unspecified atom stereocenters. The van der Waals surface area contributed by atoms with Gasteiger partial charge in [-0.3, -0.25) is 4.79 Å². The van der Waals surface area contributed by atoms with Crippen molar-refractivity contribution in [2.24, 2.45) is 5.92 Å². The maximum atomic E-state index is 12.6. The minimum atomic E-state index is 0.185. The van der Waals surface area contributed by atoms with Gasteiger partial charge in [-0.15, -0.1) is 10.2 Å². The smallest absolute Gasteiger partial charge is 0.226 e. The number of likely N-dealkylation sites (tertiary alicyclic amines) is 1. The zero-order chi connectivity index (χ0) is 15.5. The molecule has 1 aromatic rings. The van der Waals surface area contributed by atoms with Gasteiger partial charge < -0.3 is 14.8 Å². The van der Waals surface area contributed by atoms with E-state index in [0.29, 0.717) is 17.9 Å². The fourth-order valence-electron chi connectivity index (χ4n) is 3.62. The molecule has 22 heavy (non-hydrogen) atoms. The first kappa shape index (κ1) is 15.5. The summed E-state index contributed by atoms with van der Waals surface area (Å²) in [5.41, 5.74) is 0. The Morgan fingerprint density at radius 2 is 2.09 bits per heavy atom. The highest BCUT2D eigenvalue weighted by Gasteiger charge is 2.31. The van der Waals surface area contributed by atoms with Crippen molar-refractivity contribution in [3.8, 4) is 0 Å². The third-order valence-corrected chi connectivity index (χ3v) is 4.98. The van der Waals surface area contributed by atoms with Crippen LogP contribution < -0.4 is 5.32 Å². The standard InChI is InChI=1S/C16H27N5O/c1-12(2)21-11-18-19-15(21)13-5-8-20(9-6-13)16(22)14-4-3-7-17-10-14/h11-14,17H,3-10H2,1-2H3/t14-/m0/s1. The van der Waals surface area contributed by atoms with Crippen LogP contribution in [0.1, 0.15) is 57.3 Å². The molecule has 2 saturated heterocycles. The van der Waals surface area contributed by atoms with Crippen LogP contribution in [0.5, 0.6) is 0 Å². The molecule has 3 heterocycles. The van der Waals surface area contributed by atoms with Gasteiger partial charge in [0, 0.05) is 31.6 Å². The van der Waals surface area contributed by atoms with E-state index in [4.69, 9.17) is 0 Å². The Bertz CT molecular complexity index is 498. The molecule has 0 saturated carbocycles. The molecule has 1 N–H and O–H groups in total. The lowest BCUT2D eigenvalue weighted by Gasteiger charge is -2.35. The lowest BCUT2D eigenvalue weighted by Crippen LogP contribution is -2.46. The molecule has 122 valence electrons. The van der Waals surface area contributed by atoms with E-state index in [1.165, 1.54) is 0 Å². The van der Waals surface area contributed by atoms with Crippen molar-refractivity contribution in [2.45, 2.75) is 51.5 Å². The number of nitrogens with one attached hydrogen (secondary N) is 1. The Kier molecular flexibility index (Phi) is 4.76. The molecular formula is C16H27N5O. The number of piperidine rings is 2. The molecule has 0 aliphatic carbocycles. The van der Waals surface area contributed by atoms with Crippen LogP contribution in [0.2, 0.25) is 0 Å². The largest absolute Gasteiger partial charge is 0.342 e.